The van der Waals surface area contributed by atoms with E-state index in [9.17, 15) is 4.79 Å². The lowest BCUT2D eigenvalue weighted by Crippen LogP contribution is -2.50. The molecule has 1 atom stereocenters. The van der Waals surface area contributed by atoms with E-state index in [4.69, 9.17) is 5.73 Å². The number of halogens is 1. The van der Waals surface area contributed by atoms with Gasteiger partial charge in [-0.25, -0.2) is 0 Å². The summed E-state index contributed by atoms with van der Waals surface area (Å²) in [5.41, 5.74) is 6.60. The number of aliphatic imine (C=N–C) groups is 1. The van der Waals surface area contributed by atoms with Crippen molar-refractivity contribution in [2.24, 2.45) is 10.7 Å². The average molecular weight is 465 g/mol. The van der Waals surface area contributed by atoms with Gasteiger partial charge in [-0.2, -0.15) is 11.3 Å². The number of guanidine groups is 1. The number of hydrogen-bond donors (Lipinski definition) is 3. The summed E-state index contributed by atoms with van der Waals surface area (Å²) in [6.45, 7) is 5.21. The number of likely N-dealkylation sites (tertiary alicyclic amines) is 1. The third-order valence-electron chi connectivity index (χ3n) is 4.22. The maximum absolute atomic E-state index is 11.0. The molecule has 0 aromatic carbocycles. The Bertz CT molecular complexity index is 515. The molecule has 2 heterocycles. The highest BCUT2D eigenvalue weighted by atomic mass is 127. The Labute approximate surface area is 165 Å². The molecule has 1 fully saturated rings. The first kappa shape index (κ1) is 21.2. The number of thiophene rings is 1. The van der Waals surface area contributed by atoms with Crippen molar-refractivity contribution < 1.29 is 4.79 Å². The van der Waals surface area contributed by atoms with Crippen LogP contribution in [0.3, 0.4) is 0 Å². The Morgan fingerprint density at radius 3 is 2.75 bits per heavy atom. The number of rotatable bonds is 6. The third kappa shape index (κ3) is 6.94. The molecule has 2 rings (SSSR count). The molecule has 8 heteroatoms. The molecular formula is C16H28IN5OS. The quantitative estimate of drug-likeness (QED) is 0.339. The number of piperidine rings is 1. The van der Waals surface area contributed by atoms with Crippen LogP contribution in [0.5, 0.6) is 0 Å². The van der Waals surface area contributed by atoms with Gasteiger partial charge in [-0.15, -0.1) is 24.0 Å². The van der Waals surface area contributed by atoms with Crippen LogP contribution in [0.2, 0.25) is 0 Å². The van der Waals surface area contributed by atoms with Crippen LogP contribution < -0.4 is 16.4 Å². The van der Waals surface area contributed by atoms with E-state index < -0.39 is 0 Å². The van der Waals surface area contributed by atoms with Crippen molar-refractivity contribution in [2.45, 2.75) is 31.7 Å². The van der Waals surface area contributed by atoms with E-state index in [0.717, 1.165) is 38.4 Å². The molecule has 1 saturated heterocycles. The maximum atomic E-state index is 11.0. The van der Waals surface area contributed by atoms with E-state index in [1.807, 2.05) is 0 Å². The van der Waals surface area contributed by atoms with Crippen molar-refractivity contribution in [3.05, 3.63) is 22.4 Å². The van der Waals surface area contributed by atoms with Crippen molar-refractivity contribution in [1.82, 2.24) is 15.5 Å². The summed E-state index contributed by atoms with van der Waals surface area (Å²) in [4.78, 5) is 17.4. The summed E-state index contributed by atoms with van der Waals surface area (Å²) in [5, 5.41) is 11.2. The zero-order valence-electron chi connectivity index (χ0n) is 14.3. The van der Waals surface area contributed by atoms with E-state index in [1.165, 1.54) is 5.56 Å². The monoisotopic (exact) mass is 465 g/mol. The van der Waals surface area contributed by atoms with Crippen molar-refractivity contribution in [2.75, 3.05) is 33.2 Å². The Balaban J connectivity index is 0.00000288. The van der Waals surface area contributed by atoms with Crippen LogP contribution in [-0.2, 0) is 4.79 Å². The van der Waals surface area contributed by atoms with E-state index >= 15 is 0 Å². The average Bonchev–Trinajstić information content (AvgIpc) is 3.06. The van der Waals surface area contributed by atoms with Crippen LogP contribution in [0, 0.1) is 0 Å². The summed E-state index contributed by atoms with van der Waals surface area (Å²) >= 11 is 1.73. The molecule has 0 bridgehead atoms. The molecule has 0 saturated carbocycles. The fraction of sp³-hybridized carbons (Fsp3) is 0.625. The van der Waals surface area contributed by atoms with Gasteiger partial charge in [0.05, 0.1) is 6.54 Å². The molecule has 1 aromatic heterocycles. The number of amides is 1. The van der Waals surface area contributed by atoms with Gasteiger partial charge >= 0.3 is 0 Å². The molecule has 1 amide bonds. The Morgan fingerprint density at radius 1 is 1.50 bits per heavy atom. The van der Waals surface area contributed by atoms with Gasteiger partial charge in [0, 0.05) is 32.7 Å². The highest BCUT2D eigenvalue weighted by molar-refractivity contribution is 14.0. The molecule has 0 radical (unpaired) electrons. The zero-order valence-corrected chi connectivity index (χ0v) is 17.5. The fourth-order valence-electron chi connectivity index (χ4n) is 2.77. The minimum Gasteiger partial charge on any atom is -0.369 e. The zero-order chi connectivity index (χ0) is 16.7. The van der Waals surface area contributed by atoms with E-state index in [1.54, 1.807) is 18.4 Å². The van der Waals surface area contributed by atoms with Crippen molar-refractivity contribution in [3.63, 3.8) is 0 Å². The minimum atomic E-state index is -0.253. The number of nitrogens with one attached hydrogen (secondary N) is 2. The van der Waals surface area contributed by atoms with E-state index in [0.29, 0.717) is 18.5 Å². The first-order valence-electron chi connectivity index (χ1n) is 8.08. The number of primary amides is 1. The van der Waals surface area contributed by atoms with Gasteiger partial charge < -0.3 is 16.4 Å². The first-order valence-corrected chi connectivity index (χ1v) is 9.02. The second-order valence-corrected chi connectivity index (χ2v) is 6.85. The summed E-state index contributed by atoms with van der Waals surface area (Å²) < 4.78 is 0. The smallest absolute Gasteiger partial charge is 0.231 e. The van der Waals surface area contributed by atoms with Crippen LogP contribution in [0.15, 0.2) is 21.8 Å². The van der Waals surface area contributed by atoms with E-state index in [-0.39, 0.29) is 29.9 Å². The lowest BCUT2D eigenvalue weighted by molar-refractivity contribution is -0.119. The molecule has 0 aliphatic carbocycles. The molecule has 4 N–H and O–H groups in total. The molecule has 1 aromatic rings. The van der Waals surface area contributed by atoms with Gasteiger partial charge in [0.15, 0.2) is 5.96 Å². The van der Waals surface area contributed by atoms with Crippen molar-refractivity contribution in [1.29, 1.82) is 0 Å². The topological polar surface area (TPSA) is 82.8 Å². The fourth-order valence-corrected chi connectivity index (χ4v) is 3.55. The maximum Gasteiger partial charge on any atom is 0.231 e. The third-order valence-corrected chi connectivity index (χ3v) is 4.92. The van der Waals surface area contributed by atoms with Gasteiger partial charge in [0.2, 0.25) is 5.91 Å². The predicted octanol–water partition coefficient (Wildman–Crippen LogP) is 1.58. The van der Waals surface area contributed by atoms with Crippen LogP contribution in [0.4, 0.5) is 0 Å². The summed E-state index contributed by atoms with van der Waals surface area (Å²) in [6.07, 6.45) is 1.99. The second-order valence-electron chi connectivity index (χ2n) is 6.07. The summed E-state index contributed by atoms with van der Waals surface area (Å²) in [6, 6.07) is 2.56. The Morgan fingerprint density at radius 2 is 2.21 bits per heavy atom. The molecule has 24 heavy (non-hydrogen) atoms. The number of nitrogens with zero attached hydrogens (tertiary/aromatic N) is 2. The summed E-state index contributed by atoms with van der Waals surface area (Å²) in [5.74, 6) is 1.05. The van der Waals surface area contributed by atoms with Crippen LogP contribution in [-0.4, -0.2) is 56.0 Å². The highest BCUT2D eigenvalue weighted by Gasteiger charge is 2.20. The largest absolute Gasteiger partial charge is 0.369 e. The molecule has 1 aliphatic rings. The van der Waals surface area contributed by atoms with Crippen LogP contribution >= 0.6 is 35.3 Å². The normalized spacial score (nSPS) is 17.8. The molecular weight excluding hydrogens is 437 g/mol. The van der Waals surface area contributed by atoms with Crippen LogP contribution in [0.1, 0.15) is 31.2 Å². The standard InChI is InChI=1S/C16H27N5OS.HI/c1-12(13-5-8-23-11-13)9-19-16(18-2)20-14-3-6-21(7-4-14)10-15(17)22;/h5,8,11-12,14H,3-4,6-7,9-10H2,1-2H3,(H2,17,22)(H2,18,19,20);1H. The number of carbonyl (C=O) groups is 1. The van der Waals surface area contributed by atoms with E-state index in [2.05, 4.69) is 44.3 Å². The SMILES string of the molecule is CN=C(NCC(C)c1ccsc1)NC1CCN(CC(N)=O)CC1.I. The molecule has 136 valence electrons. The number of nitrogens with two attached hydrogens (primary N) is 1. The van der Waals surface area contributed by atoms with Gasteiger partial charge in [-0.05, 0) is 41.1 Å². The predicted molar refractivity (Wildman–Crippen MR) is 111 cm³/mol. The molecule has 6 nitrogen and oxygen atoms in total. The number of hydrogen-bond acceptors (Lipinski definition) is 4. The second kappa shape index (κ2) is 10.9. The van der Waals surface area contributed by atoms with Gasteiger partial charge in [0.1, 0.15) is 0 Å². The van der Waals surface area contributed by atoms with Gasteiger partial charge in [0.25, 0.3) is 0 Å². The lowest BCUT2D eigenvalue weighted by Gasteiger charge is -2.32. The minimum absolute atomic E-state index is 0. The van der Waals surface area contributed by atoms with Gasteiger partial charge in [-0.1, -0.05) is 6.92 Å². The Hall–Kier alpha value is -0.870. The molecule has 1 unspecified atom stereocenters. The first-order chi connectivity index (χ1) is 11.1. The lowest BCUT2D eigenvalue weighted by atomic mass is 10.0. The van der Waals surface area contributed by atoms with Crippen molar-refractivity contribution in [3.8, 4) is 0 Å². The molecule has 1 aliphatic heterocycles. The highest BCUT2D eigenvalue weighted by Crippen LogP contribution is 2.17. The van der Waals surface area contributed by atoms with Gasteiger partial charge in [-0.3, -0.25) is 14.7 Å². The Kier molecular flexibility index (Phi) is 9.60. The van der Waals surface area contributed by atoms with Crippen LogP contribution in [0.25, 0.3) is 0 Å². The van der Waals surface area contributed by atoms with Crippen molar-refractivity contribution >= 4 is 47.2 Å². The molecule has 0 spiro atoms. The summed E-state index contributed by atoms with van der Waals surface area (Å²) in [7, 11) is 1.80. The number of carbonyl (C=O) groups excluding carboxylic acids is 1.